The van der Waals surface area contributed by atoms with Crippen LogP contribution in [0.3, 0.4) is 0 Å². The summed E-state index contributed by atoms with van der Waals surface area (Å²) in [5.74, 6) is 0.236. The van der Waals surface area contributed by atoms with Gasteiger partial charge in [0.1, 0.15) is 12.4 Å². The van der Waals surface area contributed by atoms with E-state index in [0.717, 1.165) is 0 Å². The zero-order valence-corrected chi connectivity index (χ0v) is 18.3. The molecular formula is C23H18BrClFNO3. The second-order valence-electron chi connectivity index (χ2n) is 6.22. The number of amides is 1. The normalized spacial score (nSPS) is 10.8. The van der Waals surface area contributed by atoms with Gasteiger partial charge in [-0.2, -0.15) is 0 Å². The summed E-state index contributed by atoms with van der Waals surface area (Å²) in [6.07, 6.45) is 3.03. The lowest BCUT2D eigenvalue weighted by molar-refractivity contribution is -0.111. The Morgan fingerprint density at radius 2 is 1.90 bits per heavy atom. The van der Waals surface area contributed by atoms with Gasteiger partial charge in [-0.25, -0.2) is 4.39 Å². The first-order valence-corrected chi connectivity index (χ1v) is 10.1. The summed E-state index contributed by atoms with van der Waals surface area (Å²) in [6, 6.07) is 16.9. The van der Waals surface area contributed by atoms with Gasteiger partial charge in [-0.3, -0.25) is 4.79 Å². The number of para-hydroxylation sites is 1. The molecule has 1 N–H and O–H groups in total. The molecule has 0 aliphatic carbocycles. The highest BCUT2D eigenvalue weighted by Gasteiger charge is 2.12. The Hall–Kier alpha value is -2.83. The van der Waals surface area contributed by atoms with Crippen molar-refractivity contribution in [2.24, 2.45) is 0 Å². The number of hydrogen-bond donors (Lipinski definition) is 1. The van der Waals surface area contributed by atoms with E-state index >= 15 is 0 Å². The number of rotatable bonds is 7. The second kappa shape index (κ2) is 10.3. The molecule has 3 rings (SSSR count). The van der Waals surface area contributed by atoms with Crippen molar-refractivity contribution in [3.63, 3.8) is 0 Å². The fourth-order valence-corrected chi connectivity index (χ4v) is 3.41. The first-order valence-electron chi connectivity index (χ1n) is 8.95. The molecule has 3 aromatic rings. The van der Waals surface area contributed by atoms with Crippen LogP contribution in [0.15, 0.2) is 71.2 Å². The van der Waals surface area contributed by atoms with Crippen molar-refractivity contribution in [2.75, 3.05) is 12.4 Å². The zero-order chi connectivity index (χ0) is 21.5. The number of halogens is 3. The van der Waals surface area contributed by atoms with Crippen LogP contribution in [0.2, 0.25) is 5.02 Å². The molecule has 4 nitrogen and oxygen atoms in total. The summed E-state index contributed by atoms with van der Waals surface area (Å²) in [6.45, 7) is 0.0526. The van der Waals surface area contributed by atoms with Crippen LogP contribution in [0.5, 0.6) is 11.5 Å². The van der Waals surface area contributed by atoms with Gasteiger partial charge in [0.2, 0.25) is 5.91 Å². The topological polar surface area (TPSA) is 47.6 Å². The highest BCUT2D eigenvalue weighted by atomic mass is 79.9. The van der Waals surface area contributed by atoms with Gasteiger partial charge in [-0.1, -0.05) is 41.9 Å². The van der Waals surface area contributed by atoms with E-state index in [1.54, 1.807) is 60.7 Å². The second-order valence-corrected chi connectivity index (χ2v) is 7.48. The molecule has 0 bridgehead atoms. The molecule has 0 atom stereocenters. The minimum Gasteiger partial charge on any atom is -0.493 e. The van der Waals surface area contributed by atoms with Crippen LogP contribution in [0.1, 0.15) is 11.1 Å². The van der Waals surface area contributed by atoms with Gasteiger partial charge < -0.3 is 14.8 Å². The highest BCUT2D eigenvalue weighted by Crippen LogP contribution is 2.37. The zero-order valence-electron chi connectivity index (χ0n) is 16.0. The summed E-state index contributed by atoms with van der Waals surface area (Å²) in [5, 5.41) is 3.18. The number of anilines is 1. The van der Waals surface area contributed by atoms with E-state index in [1.807, 2.05) is 0 Å². The van der Waals surface area contributed by atoms with Crippen LogP contribution in [0.4, 0.5) is 10.1 Å². The number of hydrogen-bond acceptors (Lipinski definition) is 3. The number of carbonyl (C=O) groups is 1. The van der Waals surface area contributed by atoms with Gasteiger partial charge in [-0.15, -0.1) is 0 Å². The van der Waals surface area contributed by atoms with E-state index in [2.05, 4.69) is 21.2 Å². The SMILES string of the molecule is COc1cc(/C=C/C(=O)Nc2ccccc2Cl)cc(Br)c1OCc1ccccc1F. The van der Waals surface area contributed by atoms with Gasteiger partial charge in [-0.05, 0) is 57.9 Å². The Morgan fingerprint density at radius 1 is 1.17 bits per heavy atom. The molecule has 0 fully saturated rings. The van der Waals surface area contributed by atoms with Crippen LogP contribution in [0.25, 0.3) is 6.08 Å². The summed E-state index contributed by atoms with van der Waals surface area (Å²) < 4.78 is 25.6. The van der Waals surface area contributed by atoms with Crippen molar-refractivity contribution in [1.82, 2.24) is 0 Å². The van der Waals surface area contributed by atoms with Gasteiger partial charge in [0.25, 0.3) is 0 Å². The summed E-state index contributed by atoms with van der Waals surface area (Å²) in [7, 11) is 1.51. The van der Waals surface area contributed by atoms with Crippen molar-refractivity contribution in [3.05, 3.63) is 93.2 Å². The van der Waals surface area contributed by atoms with Crippen molar-refractivity contribution >= 4 is 45.2 Å². The fraction of sp³-hybridized carbons (Fsp3) is 0.0870. The third-order valence-electron chi connectivity index (χ3n) is 4.14. The molecule has 0 saturated heterocycles. The summed E-state index contributed by atoms with van der Waals surface area (Å²) >= 11 is 9.50. The molecule has 0 spiro atoms. The Balaban J connectivity index is 1.73. The van der Waals surface area contributed by atoms with E-state index in [9.17, 15) is 9.18 Å². The van der Waals surface area contributed by atoms with Gasteiger partial charge in [0, 0.05) is 11.6 Å². The number of nitrogens with one attached hydrogen (secondary N) is 1. The van der Waals surface area contributed by atoms with E-state index in [4.69, 9.17) is 21.1 Å². The van der Waals surface area contributed by atoms with Crippen molar-refractivity contribution in [3.8, 4) is 11.5 Å². The molecule has 1 amide bonds. The highest BCUT2D eigenvalue weighted by molar-refractivity contribution is 9.10. The smallest absolute Gasteiger partial charge is 0.248 e. The molecule has 0 aliphatic rings. The first kappa shape index (κ1) is 21.9. The van der Waals surface area contributed by atoms with Gasteiger partial charge in [0.15, 0.2) is 11.5 Å². The molecule has 0 unspecified atom stereocenters. The Labute approximate surface area is 187 Å². The lowest BCUT2D eigenvalue weighted by Crippen LogP contribution is -2.08. The molecule has 0 aromatic heterocycles. The first-order chi connectivity index (χ1) is 14.5. The third-order valence-corrected chi connectivity index (χ3v) is 5.06. The van der Waals surface area contributed by atoms with E-state index in [0.29, 0.717) is 37.8 Å². The Kier molecular flexibility index (Phi) is 7.49. The average Bonchev–Trinajstić information content (AvgIpc) is 2.74. The molecule has 7 heteroatoms. The minimum absolute atomic E-state index is 0.0526. The maximum atomic E-state index is 13.8. The van der Waals surface area contributed by atoms with Crippen LogP contribution < -0.4 is 14.8 Å². The lowest BCUT2D eigenvalue weighted by Gasteiger charge is -2.14. The fourth-order valence-electron chi connectivity index (χ4n) is 2.65. The molecule has 3 aromatic carbocycles. The predicted molar refractivity (Wildman–Crippen MR) is 121 cm³/mol. The number of carbonyl (C=O) groups excluding carboxylic acids is 1. The summed E-state index contributed by atoms with van der Waals surface area (Å²) in [4.78, 5) is 12.2. The molecule has 30 heavy (non-hydrogen) atoms. The Bertz CT molecular complexity index is 1090. The maximum absolute atomic E-state index is 13.8. The maximum Gasteiger partial charge on any atom is 0.248 e. The molecule has 154 valence electrons. The number of methoxy groups -OCH3 is 1. The van der Waals surface area contributed by atoms with Crippen LogP contribution in [-0.2, 0) is 11.4 Å². The van der Waals surface area contributed by atoms with Crippen molar-refractivity contribution in [2.45, 2.75) is 6.61 Å². The van der Waals surface area contributed by atoms with Gasteiger partial charge >= 0.3 is 0 Å². The van der Waals surface area contributed by atoms with E-state index < -0.39 is 0 Å². The van der Waals surface area contributed by atoms with Crippen LogP contribution in [0, 0.1) is 5.82 Å². The van der Waals surface area contributed by atoms with Gasteiger partial charge in [0.05, 0.1) is 22.3 Å². The summed E-state index contributed by atoms with van der Waals surface area (Å²) in [5.41, 5.74) is 1.68. The van der Waals surface area contributed by atoms with Crippen LogP contribution in [-0.4, -0.2) is 13.0 Å². The average molecular weight is 491 g/mol. The Morgan fingerprint density at radius 3 is 2.63 bits per heavy atom. The number of ether oxygens (including phenoxy) is 2. The largest absolute Gasteiger partial charge is 0.493 e. The van der Waals surface area contributed by atoms with E-state index in [-0.39, 0.29) is 18.3 Å². The lowest BCUT2D eigenvalue weighted by atomic mass is 10.1. The monoisotopic (exact) mass is 489 g/mol. The van der Waals surface area contributed by atoms with Crippen molar-refractivity contribution in [1.29, 1.82) is 0 Å². The van der Waals surface area contributed by atoms with E-state index in [1.165, 1.54) is 19.3 Å². The quantitative estimate of drug-likeness (QED) is 0.386. The molecule has 0 heterocycles. The molecular weight excluding hydrogens is 473 g/mol. The third kappa shape index (κ3) is 5.62. The standard InChI is InChI=1S/C23H18BrClFNO3/c1-29-21-13-15(10-11-22(28)27-20-9-5-3-7-18(20)25)12-17(24)23(21)30-14-16-6-2-4-8-19(16)26/h2-13H,14H2,1H3,(H,27,28)/b11-10+. The molecule has 0 saturated carbocycles. The number of benzene rings is 3. The minimum atomic E-state index is -0.336. The van der Waals surface area contributed by atoms with Crippen molar-refractivity contribution < 1.29 is 18.7 Å². The van der Waals surface area contributed by atoms with Crippen LogP contribution >= 0.6 is 27.5 Å². The predicted octanol–water partition coefficient (Wildman–Crippen LogP) is 6.48. The molecule has 0 radical (unpaired) electrons. The molecule has 0 aliphatic heterocycles.